The van der Waals surface area contributed by atoms with Crippen molar-refractivity contribution in [3.05, 3.63) is 30.1 Å². The van der Waals surface area contributed by atoms with E-state index in [1.54, 1.807) is 28.4 Å². The van der Waals surface area contributed by atoms with Gasteiger partial charge in [-0.15, -0.1) is 0 Å². The summed E-state index contributed by atoms with van der Waals surface area (Å²) in [4.78, 5) is 4.65. The molecular formula is C20H27NO4. The van der Waals surface area contributed by atoms with Crippen molar-refractivity contribution >= 4 is 10.8 Å². The zero-order chi connectivity index (χ0) is 17.8. The number of aromatic nitrogens is 1. The zero-order valence-corrected chi connectivity index (χ0v) is 15.5. The van der Waals surface area contributed by atoms with Crippen molar-refractivity contribution in [2.24, 2.45) is 5.92 Å². The van der Waals surface area contributed by atoms with Gasteiger partial charge < -0.3 is 18.9 Å². The molecule has 3 unspecified atom stereocenters. The minimum Gasteiger partial charge on any atom is -0.493 e. The standard InChI is InChI=1S/C20H27NO4/c1-22-17-6-5-13(10-18(17)23-2)9-16-15-12-20(25-4)19(24-3)11-14(15)7-8-21-16/h7-8,11-13,17-18H,5-6,9-10H2,1-4H3. The smallest absolute Gasteiger partial charge is 0.161 e. The van der Waals surface area contributed by atoms with E-state index in [9.17, 15) is 0 Å². The summed E-state index contributed by atoms with van der Waals surface area (Å²) in [5.41, 5.74) is 1.11. The van der Waals surface area contributed by atoms with E-state index in [2.05, 4.69) is 4.98 Å². The van der Waals surface area contributed by atoms with Gasteiger partial charge in [0.25, 0.3) is 0 Å². The molecule has 3 rings (SSSR count). The lowest BCUT2D eigenvalue weighted by atomic mass is 9.82. The van der Waals surface area contributed by atoms with Gasteiger partial charge in [-0.05, 0) is 55.2 Å². The molecule has 1 saturated carbocycles. The number of fused-ring (bicyclic) bond motifs is 1. The van der Waals surface area contributed by atoms with E-state index >= 15 is 0 Å². The fourth-order valence-corrected chi connectivity index (χ4v) is 3.88. The van der Waals surface area contributed by atoms with Gasteiger partial charge in [-0.1, -0.05) is 0 Å². The quantitative estimate of drug-likeness (QED) is 0.800. The minimum absolute atomic E-state index is 0.161. The summed E-state index contributed by atoms with van der Waals surface area (Å²) >= 11 is 0. The molecule has 0 bridgehead atoms. The molecule has 1 aliphatic carbocycles. The van der Waals surface area contributed by atoms with Crippen LogP contribution >= 0.6 is 0 Å². The molecular weight excluding hydrogens is 318 g/mol. The molecule has 5 nitrogen and oxygen atoms in total. The highest BCUT2D eigenvalue weighted by atomic mass is 16.5. The first-order valence-electron chi connectivity index (χ1n) is 8.75. The first kappa shape index (κ1) is 18.0. The van der Waals surface area contributed by atoms with E-state index in [4.69, 9.17) is 18.9 Å². The molecule has 3 atom stereocenters. The number of methoxy groups -OCH3 is 4. The van der Waals surface area contributed by atoms with Crippen LogP contribution in [0.3, 0.4) is 0 Å². The molecule has 5 heteroatoms. The molecule has 0 aliphatic heterocycles. The van der Waals surface area contributed by atoms with Gasteiger partial charge in [-0.3, -0.25) is 4.98 Å². The highest BCUT2D eigenvalue weighted by molar-refractivity contribution is 5.87. The number of nitrogens with zero attached hydrogens (tertiary/aromatic N) is 1. The lowest BCUT2D eigenvalue weighted by molar-refractivity contribution is -0.0702. The Morgan fingerprint density at radius 2 is 1.68 bits per heavy atom. The third kappa shape index (κ3) is 3.72. The maximum Gasteiger partial charge on any atom is 0.161 e. The third-order valence-corrected chi connectivity index (χ3v) is 5.28. The molecule has 1 fully saturated rings. The van der Waals surface area contributed by atoms with Crippen molar-refractivity contribution in [2.75, 3.05) is 28.4 Å². The van der Waals surface area contributed by atoms with E-state index in [0.717, 1.165) is 53.6 Å². The molecule has 1 heterocycles. The number of hydrogen-bond acceptors (Lipinski definition) is 5. The SMILES string of the molecule is COc1cc2ccnc(CC3CCC(OC)C(OC)C3)c2cc1OC. The van der Waals surface area contributed by atoms with Crippen LogP contribution in [0.1, 0.15) is 25.0 Å². The van der Waals surface area contributed by atoms with E-state index in [-0.39, 0.29) is 12.2 Å². The second kappa shape index (κ2) is 8.02. The van der Waals surface area contributed by atoms with Crippen molar-refractivity contribution in [1.82, 2.24) is 4.98 Å². The van der Waals surface area contributed by atoms with Gasteiger partial charge in [0.15, 0.2) is 11.5 Å². The minimum atomic E-state index is 0.161. The third-order valence-electron chi connectivity index (χ3n) is 5.28. The van der Waals surface area contributed by atoms with Gasteiger partial charge in [-0.2, -0.15) is 0 Å². The Morgan fingerprint density at radius 3 is 2.36 bits per heavy atom. The first-order valence-corrected chi connectivity index (χ1v) is 8.75. The van der Waals surface area contributed by atoms with Crippen LogP contribution in [0.2, 0.25) is 0 Å². The number of benzene rings is 1. The second-order valence-corrected chi connectivity index (χ2v) is 6.62. The van der Waals surface area contributed by atoms with Crippen molar-refractivity contribution in [2.45, 2.75) is 37.9 Å². The van der Waals surface area contributed by atoms with Gasteiger partial charge in [0, 0.05) is 31.5 Å². The van der Waals surface area contributed by atoms with Crippen molar-refractivity contribution in [3.63, 3.8) is 0 Å². The van der Waals surface area contributed by atoms with E-state index in [1.165, 1.54) is 0 Å². The Kier molecular flexibility index (Phi) is 5.76. The van der Waals surface area contributed by atoms with E-state index in [0.29, 0.717) is 5.92 Å². The topological polar surface area (TPSA) is 49.8 Å². The van der Waals surface area contributed by atoms with Crippen LogP contribution in [0.4, 0.5) is 0 Å². The summed E-state index contributed by atoms with van der Waals surface area (Å²) in [6.45, 7) is 0. The highest BCUT2D eigenvalue weighted by Crippen LogP contribution is 2.35. The van der Waals surface area contributed by atoms with Crippen molar-refractivity contribution in [1.29, 1.82) is 0 Å². The summed E-state index contributed by atoms with van der Waals surface area (Å²) < 4.78 is 22.1. The number of rotatable bonds is 6. The molecule has 25 heavy (non-hydrogen) atoms. The molecule has 2 aromatic rings. The monoisotopic (exact) mass is 345 g/mol. The van der Waals surface area contributed by atoms with Crippen molar-refractivity contribution in [3.8, 4) is 11.5 Å². The average Bonchev–Trinajstić information content (AvgIpc) is 2.66. The number of pyridine rings is 1. The maximum atomic E-state index is 5.63. The predicted octanol–water partition coefficient (Wildman–Crippen LogP) is 3.62. The molecule has 0 spiro atoms. The van der Waals surface area contributed by atoms with E-state index in [1.807, 2.05) is 24.4 Å². The highest BCUT2D eigenvalue weighted by Gasteiger charge is 2.31. The average molecular weight is 345 g/mol. The first-order chi connectivity index (χ1) is 12.2. The van der Waals surface area contributed by atoms with Crippen LogP contribution < -0.4 is 9.47 Å². The predicted molar refractivity (Wildman–Crippen MR) is 97.5 cm³/mol. The summed E-state index contributed by atoms with van der Waals surface area (Å²) in [7, 11) is 6.86. The Balaban J connectivity index is 1.86. The van der Waals surface area contributed by atoms with Crippen LogP contribution in [-0.4, -0.2) is 45.6 Å². The van der Waals surface area contributed by atoms with Crippen LogP contribution in [0, 0.1) is 5.92 Å². The van der Waals surface area contributed by atoms with Gasteiger partial charge in [-0.25, -0.2) is 0 Å². The number of ether oxygens (including phenoxy) is 4. The molecule has 1 aliphatic rings. The summed E-state index contributed by atoms with van der Waals surface area (Å²) in [6, 6.07) is 6.06. The fourth-order valence-electron chi connectivity index (χ4n) is 3.88. The van der Waals surface area contributed by atoms with Gasteiger partial charge >= 0.3 is 0 Å². The zero-order valence-electron chi connectivity index (χ0n) is 15.5. The van der Waals surface area contributed by atoms with Gasteiger partial charge in [0.05, 0.1) is 26.4 Å². The summed E-state index contributed by atoms with van der Waals surface area (Å²) in [6.07, 6.45) is 6.33. The molecule has 0 N–H and O–H groups in total. The van der Waals surface area contributed by atoms with Crippen LogP contribution in [0.15, 0.2) is 24.4 Å². The largest absolute Gasteiger partial charge is 0.493 e. The lowest BCUT2D eigenvalue weighted by Crippen LogP contribution is -2.37. The van der Waals surface area contributed by atoms with Crippen LogP contribution in [0.5, 0.6) is 11.5 Å². The molecule has 1 aromatic heterocycles. The molecule has 0 saturated heterocycles. The Bertz CT molecular complexity index is 718. The van der Waals surface area contributed by atoms with Crippen LogP contribution in [0.25, 0.3) is 10.8 Å². The maximum absolute atomic E-state index is 5.63. The second-order valence-electron chi connectivity index (χ2n) is 6.62. The Hall–Kier alpha value is -1.85. The molecule has 136 valence electrons. The Labute approximate surface area is 149 Å². The van der Waals surface area contributed by atoms with Gasteiger partial charge in [0.2, 0.25) is 0 Å². The Morgan fingerprint density at radius 1 is 0.960 bits per heavy atom. The molecule has 0 amide bonds. The molecule has 0 radical (unpaired) electrons. The normalized spacial score (nSPS) is 23.6. The lowest BCUT2D eigenvalue weighted by Gasteiger charge is -2.34. The summed E-state index contributed by atoms with van der Waals surface area (Å²) in [5.74, 6) is 2.02. The van der Waals surface area contributed by atoms with Crippen LogP contribution in [-0.2, 0) is 15.9 Å². The van der Waals surface area contributed by atoms with Crippen molar-refractivity contribution < 1.29 is 18.9 Å². The van der Waals surface area contributed by atoms with E-state index < -0.39 is 0 Å². The van der Waals surface area contributed by atoms with Gasteiger partial charge in [0.1, 0.15) is 0 Å². The number of hydrogen-bond donors (Lipinski definition) is 0. The molecule has 1 aromatic carbocycles. The summed E-state index contributed by atoms with van der Waals surface area (Å²) in [5, 5.41) is 2.25. The fraction of sp³-hybridized carbons (Fsp3) is 0.550.